The molecule has 0 N–H and O–H groups in total. The Morgan fingerprint density at radius 1 is 0.846 bits per heavy atom. The quantitative estimate of drug-likeness (QED) is 0.311. The summed E-state index contributed by atoms with van der Waals surface area (Å²) >= 11 is 0. The Labute approximate surface area is 231 Å². The highest BCUT2D eigenvalue weighted by Crippen LogP contribution is 2.42. The molecule has 0 aliphatic carbocycles. The van der Waals surface area contributed by atoms with Crippen molar-refractivity contribution in [2.45, 2.75) is 39.7 Å². The standard InChI is InChI=1S/C32H39N5O2/c1-21(2)37-19-32(20-37)13-15-36(16-14-32)25-10-7-23(8-11-25)26-17-22(3)29-31(33-26)35(4)30(34-29)24-9-12-27(38-5)28(18-24)39-6/h7-12,17-18,21H,13-16,19-20H2,1-6H3. The minimum atomic E-state index is 0.552. The smallest absolute Gasteiger partial charge is 0.161 e. The molecule has 204 valence electrons. The molecule has 2 saturated heterocycles. The molecule has 7 nitrogen and oxygen atoms in total. The Morgan fingerprint density at radius 2 is 1.51 bits per heavy atom. The summed E-state index contributed by atoms with van der Waals surface area (Å²) in [5.74, 6) is 2.23. The molecule has 4 aromatic rings. The van der Waals surface area contributed by atoms with Crippen molar-refractivity contribution in [1.82, 2.24) is 19.4 Å². The van der Waals surface area contributed by atoms with Crippen molar-refractivity contribution in [3.63, 3.8) is 0 Å². The van der Waals surface area contributed by atoms with E-state index < -0.39 is 0 Å². The number of ether oxygens (including phenoxy) is 2. The molecule has 2 aromatic heterocycles. The van der Waals surface area contributed by atoms with Crippen molar-refractivity contribution >= 4 is 16.9 Å². The lowest BCUT2D eigenvalue weighted by Gasteiger charge is -2.56. The number of pyridine rings is 1. The molecule has 39 heavy (non-hydrogen) atoms. The molecule has 2 aliphatic heterocycles. The number of benzene rings is 2. The van der Waals surface area contributed by atoms with Gasteiger partial charge in [0.1, 0.15) is 11.3 Å². The Morgan fingerprint density at radius 3 is 2.15 bits per heavy atom. The number of rotatable bonds is 6. The minimum absolute atomic E-state index is 0.552. The first-order chi connectivity index (χ1) is 18.8. The first kappa shape index (κ1) is 25.7. The van der Waals surface area contributed by atoms with Crippen LogP contribution in [0.5, 0.6) is 11.5 Å². The Balaban J connectivity index is 1.22. The number of likely N-dealkylation sites (tertiary alicyclic amines) is 1. The van der Waals surface area contributed by atoms with Gasteiger partial charge in [0.2, 0.25) is 0 Å². The molecule has 2 aliphatic rings. The zero-order valence-electron chi connectivity index (χ0n) is 24.0. The molecule has 7 heteroatoms. The highest BCUT2D eigenvalue weighted by Gasteiger charge is 2.45. The Bertz CT molecular complexity index is 1490. The summed E-state index contributed by atoms with van der Waals surface area (Å²) in [7, 11) is 5.31. The van der Waals surface area contributed by atoms with Crippen LogP contribution in [0.3, 0.4) is 0 Å². The third-order valence-electron chi connectivity index (χ3n) is 8.82. The number of aryl methyl sites for hydroxylation is 2. The van der Waals surface area contributed by atoms with E-state index in [-0.39, 0.29) is 0 Å². The number of fused-ring (bicyclic) bond motifs is 1. The number of hydrogen-bond donors (Lipinski definition) is 0. The lowest BCUT2D eigenvalue weighted by atomic mass is 9.71. The molecule has 4 heterocycles. The van der Waals surface area contributed by atoms with E-state index in [1.807, 2.05) is 25.2 Å². The van der Waals surface area contributed by atoms with Gasteiger partial charge < -0.3 is 18.9 Å². The Kier molecular flexibility index (Phi) is 6.50. The van der Waals surface area contributed by atoms with Crippen LogP contribution in [0.25, 0.3) is 33.8 Å². The van der Waals surface area contributed by atoms with E-state index in [1.54, 1.807) is 14.2 Å². The second kappa shape index (κ2) is 9.87. The van der Waals surface area contributed by atoms with Crippen LogP contribution in [0.4, 0.5) is 5.69 Å². The lowest BCUT2D eigenvalue weighted by Crippen LogP contribution is -2.62. The maximum Gasteiger partial charge on any atom is 0.161 e. The molecule has 0 unspecified atom stereocenters. The third kappa shape index (κ3) is 4.52. The number of methoxy groups -OCH3 is 2. The van der Waals surface area contributed by atoms with Crippen molar-refractivity contribution in [3.8, 4) is 34.1 Å². The molecule has 6 rings (SSSR count). The van der Waals surface area contributed by atoms with Crippen molar-refractivity contribution in [1.29, 1.82) is 0 Å². The van der Waals surface area contributed by atoms with Crippen molar-refractivity contribution in [2.75, 3.05) is 45.3 Å². The summed E-state index contributed by atoms with van der Waals surface area (Å²) in [6, 6.07) is 17.6. The maximum atomic E-state index is 5.51. The van der Waals surface area contributed by atoms with E-state index >= 15 is 0 Å². The molecule has 2 fully saturated rings. The zero-order valence-corrected chi connectivity index (χ0v) is 24.0. The van der Waals surface area contributed by atoms with Crippen LogP contribution in [-0.4, -0.2) is 65.9 Å². The summed E-state index contributed by atoms with van der Waals surface area (Å²) in [5.41, 5.74) is 7.80. The van der Waals surface area contributed by atoms with Crippen LogP contribution < -0.4 is 14.4 Å². The SMILES string of the molecule is COc1ccc(-c2nc3c(C)cc(-c4ccc(N5CCC6(CC5)CN(C(C)C)C6)cc4)nc3n2C)cc1OC. The van der Waals surface area contributed by atoms with Crippen LogP contribution in [0.15, 0.2) is 48.5 Å². The Hall–Kier alpha value is -3.58. The second-order valence-corrected chi connectivity index (χ2v) is 11.6. The fourth-order valence-corrected chi connectivity index (χ4v) is 6.26. The largest absolute Gasteiger partial charge is 0.493 e. The molecule has 0 saturated carbocycles. The van der Waals surface area contributed by atoms with Crippen LogP contribution in [0.2, 0.25) is 0 Å². The molecular formula is C32H39N5O2. The lowest BCUT2D eigenvalue weighted by molar-refractivity contribution is -0.0380. The number of imidazole rings is 1. The predicted molar refractivity (Wildman–Crippen MR) is 158 cm³/mol. The van der Waals surface area contributed by atoms with Gasteiger partial charge in [-0.1, -0.05) is 12.1 Å². The van der Waals surface area contributed by atoms with E-state index in [2.05, 4.69) is 65.5 Å². The molecule has 0 amide bonds. The molecule has 0 atom stereocenters. The van der Waals surface area contributed by atoms with Gasteiger partial charge in [-0.25, -0.2) is 9.97 Å². The van der Waals surface area contributed by atoms with Gasteiger partial charge in [-0.3, -0.25) is 4.90 Å². The first-order valence-corrected chi connectivity index (χ1v) is 14.0. The van der Waals surface area contributed by atoms with Crippen LogP contribution in [0, 0.1) is 12.3 Å². The second-order valence-electron chi connectivity index (χ2n) is 11.6. The number of piperidine rings is 1. The van der Waals surface area contributed by atoms with E-state index in [4.69, 9.17) is 19.4 Å². The molecule has 2 aromatic carbocycles. The number of hydrogen-bond acceptors (Lipinski definition) is 6. The van der Waals surface area contributed by atoms with Gasteiger partial charge in [0.05, 0.1) is 19.9 Å². The molecule has 0 bridgehead atoms. The fraction of sp³-hybridized carbons (Fsp3) is 0.438. The van der Waals surface area contributed by atoms with Gasteiger partial charge in [0.25, 0.3) is 0 Å². The monoisotopic (exact) mass is 525 g/mol. The van der Waals surface area contributed by atoms with Gasteiger partial charge in [0.15, 0.2) is 17.1 Å². The predicted octanol–water partition coefficient (Wildman–Crippen LogP) is 5.94. The van der Waals surface area contributed by atoms with Crippen molar-refractivity contribution in [3.05, 3.63) is 54.1 Å². The van der Waals surface area contributed by atoms with Crippen LogP contribution >= 0.6 is 0 Å². The van der Waals surface area contributed by atoms with E-state index in [1.165, 1.54) is 31.6 Å². The topological polar surface area (TPSA) is 55.7 Å². The van der Waals surface area contributed by atoms with Gasteiger partial charge >= 0.3 is 0 Å². The van der Waals surface area contributed by atoms with E-state index in [0.717, 1.165) is 52.5 Å². The summed E-state index contributed by atoms with van der Waals surface area (Å²) < 4.78 is 13.0. The van der Waals surface area contributed by atoms with Crippen LogP contribution in [0.1, 0.15) is 32.3 Å². The molecule has 0 radical (unpaired) electrons. The van der Waals surface area contributed by atoms with Crippen LogP contribution in [-0.2, 0) is 7.05 Å². The zero-order chi connectivity index (χ0) is 27.3. The van der Waals surface area contributed by atoms with Gasteiger partial charge in [-0.2, -0.15) is 0 Å². The van der Waals surface area contributed by atoms with Gasteiger partial charge in [-0.05, 0) is 81.0 Å². The van der Waals surface area contributed by atoms with Crippen molar-refractivity contribution < 1.29 is 9.47 Å². The summed E-state index contributed by atoms with van der Waals surface area (Å²) in [5, 5.41) is 0. The summed E-state index contributed by atoms with van der Waals surface area (Å²) in [6.07, 6.45) is 2.58. The van der Waals surface area contributed by atoms with E-state index in [9.17, 15) is 0 Å². The average molecular weight is 526 g/mol. The third-order valence-corrected chi connectivity index (χ3v) is 8.82. The number of nitrogens with zero attached hydrogens (tertiary/aromatic N) is 5. The minimum Gasteiger partial charge on any atom is -0.493 e. The maximum absolute atomic E-state index is 5.51. The van der Waals surface area contributed by atoms with E-state index in [0.29, 0.717) is 23.0 Å². The normalized spacial score (nSPS) is 17.2. The average Bonchev–Trinajstić information content (AvgIpc) is 3.28. The summed E-state index contributed by atoms with van der Waals surface area (Å²) in [4.78, 5) is 15.2. The number of aromatic nitrogens is 3. The number of anilines is 1. The summed E-state index contributed by atoms with van der Waals surface area (Å²) in [6.45, 7) is 11.6. The van der Waals surface area contributed by atoms with Gasteiger partial charge in [0, 0.05) is 56.1 Å². The first-order valence-electron chi connectivity index (χ1n) is 14.0. The molecular weight excluding hydrogens is 486 g/mol. The van der Waals surface area contributed by atoms with Crippen molar-refractivity contribution in [2.24, 2.45) is 12.5 Å². The highest BCUT2D eigenvalue weighted by atomic mass is 16.5. The highest BCUT2D eigenvalue weighted by molar-refractivity contribution is 5.83. The fourth-order valence-electron chi connectivity index (χ4n) is 6.26. The molecule has 1 spiro atoms. The van der Waals surface area contributed by atoms with Gasteiger partial charge in [-0.15, -0.1) is 0 Å².